The fourth-order valence-corrected chi connectivity index (χ4v) is 1.71. The monoisotopic (exact) mass is 323 g/mol. The van der Waals surface area contributed by atoms with E-state index in [0.717, 1.165) is 18.2 Å². The summed E-state index contributed by atoms with van der Waals surface area (Å²) in [5.74, 6) is -4.75. The molecule has 22 heavy (non-hydrogen) atoms. The van der Waals surface area contributed by atoms with Gasteiger partial charge in [-0.3, -0.25) is 4.79 Å². The van der Waals surface area contributed by atoms with Crippen molar-refractivity contribution < 1.29 is 37.4 Å². The summed E-state index contributed by atoms with van der Waals surface area (Å²) >= 11 is 0. The van der Waals surface area contributed by atoms with Crippen LogP contribution in [0.3, 0.4) is 0 Å². The Morgan fingerprint density at radius 1 is 1.32 bits per heavy atom. The average molecular weight is 323 g/mol. The van der Waals surface area contributed by atoms with E-state index in [1.165, 1.54) is 6.92 Å². The van der Waals surface area contributed by atoms with Gasteiger partial charge in [0, 0.05) is 0 Å². The normalized spacial score (nSPS) is 14.3. The minimum Gasteiger partial charge on any atom is -0.478 e. The molecule has 0 radical (unpaired) electrons. The Balaban J connectivity index is 2.95. The number of amides is 1. The Morgan fingerprint density at radius 2 is 1.91 bits per heavy atom. The van der Waals surface area contributed by atoms with E-state index >= 15 is 0 Å². The van der Waals surface area contributed by atoms with Gasteiger partial charge in [0.25, 0.3) is 0 Å². The zero-order valence-electron chi connectivity index (χ0n) is 11.3. The second-order valence-electron chi connectivity index (χ2n) is 4.64. The lowest BCUT2D eigenvalue weighted by Gasteiger charge is -2.22. The molecule has 0 aliphatic rings. The molecule has 1 aromatic carbocycles. The van der Waals surface area contributed by atoms with Gasteiger partial charge in [0.2, 0.25) is 0 Å². The summed E-state index contributed by atoms with van der Waals surface area (Å²) in [6, 6.07) is 1.65. The lowest BCUT2D eigenvalue weighted by atomic mass is 10.00. The fraction of sp³-hybridized carbons (Fsp3) is 0.385. The summed E-state index contributed by atoms with van der Waals surface area (Å²) < 4.78 is 49.9. The molecule has 1 amide bonds. The molecule has 0 saturated carbocycles. The maximum absolute atomic E-state index is 13.2. The highest BCUT2D eigenvalue weighted by molar-refractivity contribution is 5.88. The second-order valence-corrected chi connectivity index (χ2v) is 4.64. The maximum Gasteiger partial charge on any atom is 0.471 e. The molecule has 122 valence electrons. The molecule has 9 heteroatoms. The molecule has 0 spiro atoms. The van der Waals surface area contributed by atoms with Crippen LogP contribution in [0.2, 0.25) is 0 Å². The van der Waals surface area contributed by atoms with Crippen molar-refractivity contribution in [3.05, 3.63) is 35.1 Å². The minimum atomic E-state index is -5.11. The Labute approximate surface area is 122 Å². The molecule has 2 atom stereocenters. The number of carbonyl (C=O) groups excluding carboxylic acids is 1. The molecule has 0 saturated heterocycles. The van der Waals surface area contributed by atoms with Crippen molar-refractivity contribution in [3.63, 3.8) is 0 Å². The average Bonchev–Trinajstić information content (AvgIpc) is 2.38. The Hall–Kier alpha value is -2.16. The number of benzene rings is 1. The number of aromatic carboxylic acids is 1. The number of hydrogen-bond donors (Lipinski definition) is 3. The summed E-state index contributed by atoms with van der Waals surface area (Å²) in [7, 11) is 0. The number of halogens is 4. The van der Waals surface area contributed by atoms with E-state index in [-0.39, 0.29) is 12.0 Å². The van der Waals surface area contributed by atoms with Gasteiger partial charge in [-0.2, -0.15) is 13.2 Å². The summed E-state index contributed by atoms with van der Waals surface area (Å²) in [4.78, 5) is 21.7. The highest BCUT2D eigenvalue weighted by Crippen LogP contribution is 2.17. The van der Waals surface area contributed by atoms with Crippen molar-refractivity contribution in [2.75, 3.05) is 0 Å². The largest absolute Gasteiger partial charge is 0.478 e. The van der Waals surface area contributed by atoms with E-state index in [4.69, 9.17) is 5.11 Å². The summed E-state index contributed by atoms with van der Waals surface area (Å²) in [5.41, 5.74) is -0.490. The van der Waals surface area contributed by atoms with E-state index < -0.39 is 41.6 Å². The number of carboxylic acid groups (broad SMARTS) is 1. The molecule has 0 aliphatic heterocycles. The van der Waals surface area contributed by atoms with Crippen molar-refractivity contribution >= 4 is 11.9 Å². The standard InChI is InChI=1S/C13H13F4NO4/c1-6(19)10(18-12(22)13(15,16)17)5-7-2-3-9(14)8(4-7)11(20)21/h2-4,6,10,19H,5H2,1H3,(H,18,22)(H,20,21). The van der Waals surface area contributed by atoms with Crippen LogP contribution < -0.4 is 5.32 Å². The van der Waals surface area contributed by atoms with E-state index in [2.05, 4.69) is 0 Å². The molecule has 1 rings (SSSR count). The molecule has 0 heterocycles. The van der Waals surface area contributed by atoms with Crippen LogP contribution in [0.25, 0.3) is 0 Å². The molecule has 3 N–H and O–H groups in total. The van der Waals surface area contributed by atoms with Crippen molar-refractivity contribution in [2.45, 2.75) is 31.7 Å². The number of carboxylic acids is 1. The highest BCUT2D eigenvalue weighted by Gasteiger charge is 2.40. The first kappa shape index (κ1) is 17.9. The SMILES string of the molecule is CC(O)C(Cc1ccc(F)c(C(=O)O)c1)NC(=O)C(F)(F)F. The van der Waals surface area contributed by atoms with Gasteiger partial charge in [-0.1, -0.05) is 6.07 Å². The molecule has 5 nitrogen and oxygen atoms in total. The first-order valence-electron chi connectivity index (χ1n) is 6.10. The topological polar surface area (TPSA) is 86.6 Å². The van der Waals surface area contributed by atoms with Gasteiger partial charge < -0.3 is 15.5 Å². The smallest absolute Gasteiger partial charge is 0.471 e. The number of aliphatic hydroxyl groups is 1. The van der Waals surface area contributed by atoms with Crippen molar-refractivity contribution in [2.24, 2.45) is 0 Å². The Kier molecular flexibility index (Phi) is 5.48. The summed E-state index contributed by atoms with van der Waals surface area (Å²) in [6.45, 7) is 1.17. The molecule has 0 bridgehead atoms. The summed E-state index contributed by atoms with van der Waals surface area (Å²) in [6.07, 6.45) is -6.73. The van der Waals surface area contributed by atoms with E-state index in [1.807, 2.05) is 0 Å². The van der Waals surface area contributed by atoms with Gasteiger partial charge in [0.1, 0.15) is 5.82 Å². The number of alkyl halides is 3. The first-order valence-corrected chi connectivity index (χ1v) is 6.10. The van der Waals surface area contributed by atoms with E-state index in [1.54, 1.807) is 5.32 Å². The van der Waals surface area contributed by atoms with Crippen LogP contribution in [0.5, 0.6) is 0 Å². The van der Waals surface area contributed by atoms with Crippen molar-refractivity contribution in [1.82, 2.24) is 5.32 Å². The first-order chi connectivity index (χ1) is 10.0. The van der Waals surface area contributed by atoms with Crippen LogP contribution in [-0.2, 0) is 11.2 Å². The third kappa shape index (κ3) is 4.69. The molecule has 0 aromatic heterocycles. The Morgan fingerprint density at radius 3 is 2.36 bits per heavy atom. The predicted octanol–water partition coefficient (Wildman–Crippen LogP) is 1.49. The number of nitrogens with one attached hydrogen (secondary N) is 1. The van der Waals surface area contributed by atoms with Gasteiger partial charge in [0.15, 0.2) is 0 Å². The molecule has 2 unspecified atom stereocenters. The zero-order chi connectivity index (χ0) is 17.1. The minimum absolute atomic E-state index is 0.159. The van der Waals surface area contributed by atoms with Gasteiger partial charge in [-0.15, -0.1) is 0 Å². The van der Waals surface area contributed by atoms with Gasteiger partial charge in [-0.05, 0) is 31.0 Å². The molecule has 0 aliphatic carbocycles. The molecular weight excluding hydrogens is 310 g/mol. The van der Waals surface area contributed by atoms with Crippen molar-refractivity contribution in [3.8, 4) is 0 Å². The lowest BCUT2D eigenvalue weighted by molar-refractivity contribution is -0.175. The number of rotatable bonds is 5. The fourth-order valence-electron chi connectivity index (χ4n) is 1.71. The van der Waals surface area contributed by atoms with Crippen LogP contribution in [0.1, 0.15) is 22.8 Å². The van der Waals surface area contributed by atoms with E-state index in [0.29, 0.717) is 0 Å². The molecular formula is C13H13F4NO4. The summed E-state index contributed by atoms with van der Waals surface area (Å²) in [5, 5.41) is 19.8. The van der Waals surface area contributed by atoms with Crippen LogP contribution in [0.15, 0.2) is 18.2 Å². The van der Waals surface area contributed by atoms with Crippen LogP contribution in [-0.4, -0.2) is 40.4 Å². The molecule has 1 aromatic rings. The van der Waals surface area contributed by atoms with E-state index in [9.17, 15) is 32.3 Å². The lowest BCUT2D eigenvalue weighted by Crippen LogP contribution is -2.48. The zero-order valence-corrected chi connectivity index (χ0v) is 11.3. The third-order valence-corrected chi connectivity index (χ3v) is 2.87. The van der Waals surface area contributed by atoms with Crippen LogP contribution >= 0.6 is 0 Å². The van der Waals surface area contributed by atoms with Crippen LogP contribution in [0, 0.1) is 5.82 Å². The maximum atomic E-state index is 13.2. The van der Waals surface area contributed by atoms with Gasteiger partial charge >= 0.3 is 18.1 Å². The Bertz CT molecular complexity index is 572. The third-order valence-electron chi connectivity index (χ3n) is 2.87. The van der Waals surface area contributed by atoms with Gasteiger partial charge in [0.05, 0.1) is 17.7 Å². The predicted molar refractivity (Wildman–Crippen MR) is 66.7 cm³/mol. The number of hydrogen-bond acceptors (Lipinski definition) is 3. The van der Waals surface area contributed by atoms with Crippen LogP contribution in [0.4, 0.5) is 17.6 Å². The number of carbonyl (C=O) groups is 2. The van der Waals surface area contributed by atoms with Gasteiger partial charge in [-0.25, -0.2) is 9.18 Å². The van der Waals surface area contributed by atoms with Crippen molar-refractivity contribution in [1.29, 1.82) is 0 Å². The molecule has 0 fully saturated rings. The highest BCUT2D eigenvalue weighted by atomic mass is 19.4. The quantitative estimate of drug-likeness (QED) is 0.717. The second kappa shape index (κ2) is 6.73. The number of aliphatic hydroxyl groups excluding tert-OH is 1.